The van der Waals surface area contributed by atoms with Crippen molar-refractivity contribution in [2.24, 2.45) is 5.92 Å². The summed E-state index contributed by atoms with van der Waals surface area (Å²) < 4.78 is 0. The maximum Gasteiger partial charge on any atom is 0.226 e. The quantitative estimate of drug-likeness (QED) is 0.833. The number of amides is 1. The number of carbonyl (C=O) groups is 1. The summed E-state index contributed by atoms with van der Waals surface area (Å²) in [7, 11) is 1.64. The average Bonchev–Trinajstić information content (AvgIpc) is 2.26. The molecule has 1 N–H and O–H groups in total. The fraction of sp³-hybridized carbons (Fsp3) is 0.462. The van der Waals surface area contributed by atoms with Crippen molar-refractivity contribution >= 4 is 11.7 Å². The maximum absolute atomic E-state index is 11.4. The Morgan fingerprint density at radius 3 is 2.78 bits per heavy atom. The number of aryl methyl sites for hydroxylation is 2. The lowest BCUT2D eigenvalue weighted by molar-refractivity contribution is -0.125. The minimum absolute atomic E-state index is 0.00385. The van der Waals surface area contributed by atoms with Gasteiger partial charge in [0, 0.05) is 25.8 Å². The second-order valence-electron chi connectivity index (χ2n) is 4.61. The molecule has 1 aliphatic rings. The van der Waals surface area contributed by atoms with Crippen LogP contribution in [0.4, 0.5) is 5.82 Å². The first-order chi connectivity index (χ1) is 8.56. The molecule has 1 fully saturated rings. The Morgan fingerprint density at radius 2 is 2.22 bits per heavy atom. The van der Waals surface area contributed by atoms with Crippen LogP contribution in [0.2, 0.25) is 0 Å². The third kappa shape index (κ3) is 2.02. The number of nitrogens with zero attached hydrogens (tertiary/aromatic N) is 3. The third-order valence-electron chi connectivity index (χ3n) is 3.24. The highest BCUT2D eigenvalue weighted by atomic mass is 16.1. The Hall–Kier alpha value is -2.09. The Morgan fingerprint density at radius 1 is 1.56 bits per heavy atom. The molecular formula is C13H16N4O. The lowest BCUT2D eigenvalue weighted by Gasteiger charge is -2.39. The van der Waals surface area contributed by atoms with Crippen molar-refractivity contribution in [3.8, 4) is 6.07 Å². The van der Waals surface area contributed by atoms with Crippen LogP contribution >= 0.6 is 0 Å². The van der Waals surface area contributed by atoms with Crippen LogP contribution in [0.1, 0.15) is 16.8 Å². The van der Waals surface area contributed by atoms with E-state index in [9.17, 15) is 10.1 Å². The van der Waals surface area contributed by atoms with E-state index in [1.54, 1.807) is 7.05 Å². The van der Waals surface area contributed by atoms with Gasteiger partial charge in [0.25, 0.3) is 0 Å². The number of carbonyl (C=O) groups excluding carboxylic acids is 1. The fourth-order valence-corrected chi connectivity index (χ4v) is 2.21. The molecule has 1 saturated heterocycles. The van der Waals surface area contributed by atoms with Crippen molar-refractivity contribution in [1.82, 2.24) is 10.3 Å². The van der Waals surface area contributed by atoms with Crippen molar-refractivity contribution in [3.63, 3.8) is 0 Å². The highest BCUT2D eigenvalue weighted by Gasteiger charge is 2.34. The van der Waals surface area contributed by atoms with E-state index in [0.717, 1.165) is 11.3 Å². The fourth-order valence-electron chi connectivity index (χ4n) is 2.21. The summed E-state index contributed by atoms with van der Waals surface area (Å²) in [5, 5.41) is 11.8. The molecule has 1 aromatic rings. The largest absolute Gasteiger partial charge is 0.359 e. The summed E-state index contributed by atoms with van der Waals surface area (Å²) >= 11 is 0. The van der Waals surface area contributed by atoms with Crippen LogP contribution in [0.3, 0.4) is 0 Å². The molecule has 94 valence electrons. The number of hydrogen-bond donors (Lipinski definition) is 1. The summed E-state index contributed by atoms with van der Waals surface area (Å²) in [5.41, 5.74) is 2.43. The van der Waals surface area contributed by atoms with Gasteiger partial charge in [-0.05, 0) is 25.5 Å². The van der Waals surface area contributed by atoms with E-state index in [0.29, 0.717) is 24.5 Å². The summed E-state index contributed by atoms with van der Waals surface area (Å²) in [6, 6.07) is 4.09. The number of nitriles is 1. The van der Waals surface area contributed by atoms with Gasteiger partial charge >= 0.3 is 0 Å². The van der Waals surface area contributed by atoms with Crippen molar-refractivity contribution in [2.45, 2.75) is 13.8 Å². The first-order valence-electron chi connectivity index (χ1n) is 5.91. The molecule has 1 aliphatic heterocycles. The van der Waals surface area contributed by atoms with Gasteiger partial charge in [-0.15, -0.1) is 0 Å². The van der Waals surface area contributed by atoms with Crippen LogP contribution in [0.25, 0.3) is 0 Å². The molecular weight excluding hydrogens is 228 g/mol. The van der Waals surface area contributed by atoms with E-state index < -0.39 is 0 Å². The van der Waals surface area contributed by atoms with Crippen LogP contribution in [0, 0.1) is 31.1 Å². The lowest BCUT2D eigenvalue weighted by Crippen LogP contribution is -2.53. The molecule has 0 atom stereocenters. The van der Waals surface area contributed by atoms with E-state index >= 15 is 0 Å². The Labute approximate surface area is 106 Å². The molecule has 5 heteroatoms. The Bertz CT molecular complexity index is 527. The molecule has 2 heterocycles. The molecule has 5 nitrogen and oxygen atoms in total. The van der Waals surface area contributed by atoms with Gasteiger partial charge in [0.1, 0.15) is 11.9 Å². The summed E-state index contributed by atoms with van der Waals surface area (Å²) in [6.07, 6.45) is 0. The van der Waals surface area contributed by atoms with Gasteiger partial charge in [-0.1, -0.05) is 0 Å². The topological polar surface area (TPSA) is 69.0 Å². The van der Waals surface area contributed by atoms with Gasteiger partial charge < -0.3 is 10.2 Å². The molecule has 0 spiro atoms. The average molecular weight is 244 g/mol. The van der Waals surface area contributed by atoms with Crippen LogP contribution in [0.15, 0.2) is 6.07 Å². The molecule has 0 unspecified atom stereocenters. The highest BCUT2D eigenvalue weighted by molar-refractivity contribution is 5.81. The van der Waals surface area contributed by atoms with Crippen LogP contribution in [0.5, 0.6) is 0 Å². The lowest BCUT2D eigenvalue weighted by atomic mass is 9.98. The van der Waals surface area contributed by atoms with E-state index in [4.69, 9.17) is 0 Å². The molecule has 1 amide bonds. The molecule has 0 saturated carbocycles. The van der Waals surface area contributed by atoms with Crippen molar-refractivity contribution < 1.29 is 4.79 Å². The summed E-state index contributed by atoms with van der Waals surface area (Å²) in [4.78, 5) is 17.8. The first-order valence-corrected chi connectivity index (χ1v) is 5.91. The van der Waals surface area contributed by atoms with E-state index in [1.807, 2.05) is 24.8 Å². The van der Waals surface area contributed by atoms with Crippen molar-refractivity contribution in [1.29, 1.82) is 5.26 Å². The monoisotopic (exact) mass is 244 g/mol. The Kier molecular flexibility index (Phi) is 3.19. The predicted octanol–water partition coefficient (Wildman–Crippen LogP) is 0.752. The zero-order chi connectivity index (χ0) is 13.3. The molecule has 18 heavy (non-hydrogen) atoms. The van der Waals surface area contributed by atoms with E-state index in [1.165, 1.54) is 0 Å². The molecule has 2 rings (SSSR count). The zero-order valence-electron chi connectivity index (χ0n) is 10.8. The minimum atomic E-state index is 0.00385. The molecule has 0 aromatic carbocycles. The van der Waals surface area contributed by atoms with Gasteiger partial charge in [-0.2, -0.15) is 5.26 Å². The second-order valence-corrected chi connectivity index (χ2v) is 4.61. The number of pyridine rings is 1. The summed E-state index contributed by atoms with van der Waals surface area (Å²) in [6.45, 7) is 5.08. The van der Waals surface area contributed by atoms with E-state index in [2.05, 4.69) is 16.4 Å². The van der Waals surface area contributed by atoms with Crippen LogP contribution < -0.4 is 10.2 Å². The third-order valence-corrected chi connectivity index (χ3v) is 3.24. The van der Waals surface area contributed by atoms with Gasteiger partial charge in [0.2, 0.25) is 5.91 Å². The smallest absolute Gasteiger partial charge is 0.226 e. The van der Waals surface area contributed by atoms with Crippen molar-refractivity contribution in [2.75, 3.05) is 25.0 Å². The highest BCUT2D eigenvalue weighted by Crippen LogP contribution is 2.28. The van der Waals surface area contributed by atoms with Crippen LogP contribution in [-0.2, 0) is 4.79 Å². The SMILES string of the molecule is CNC(=O)C1CN(c2nc(C)cc(C)c2C#N)C1. The zero-order valence-corrected chi connectivity index (χ0v) is 10.8. The molecule has 0 radical (unpaired) electrons. The van der Waals surface area contributed by atoms with Gasteiger partial charge in [0.15, 0.2) is 0 Å². The summed E-state index contributed by atoms with van der Waals surface area (Å²) in [5.74, 6) is 0.758. The second kappa shape index (κ2) is 4.65. The number of aromatic nitrogens is 1. The molecule has 0 aliphatic carbocycles. The number of anilines is 1. The maximum atomic E-state index is 11.4. The molecule has 1 aromatic heterocycles. The van der Waals surface area contributed by atoms with Crippen molar-refractivity contribution in [3.05, 3.63) is 22.9 Å². The van der Waals surface area contributed by atoms with Crippen LogP contribution in [-0.4, -0.2) is 31.0 Å². The van der Waals surface area contributed by atoms with Gasteiger partial charge in [-0.25, -0.2) is 4.98 Å². The number of hydrogen-bond acceptors (Lipinski definition) is 4. The Balaban J connectivity index is 2.22. The standard InChI is InChI=1S/C13H16N4O/c1-8-4-9(2)16-12(11(8)5-14)17-6-10(7-17)13(18)15-3/h4,10H,6-7H2,1-3H3,(H,15,18). The number of nitrogens with one attached hydrogen (secondary N) is 1. The van der Waals surface area contributed by atoms with E-state index in [-0.39, 0.29) is 11.8 Å². The molecule has 0 bridgehead atoms. The van der Waals surface area contributed by atoms with Gasteiger partial charge in [0.05, 0.1) is 11.5 Å². The number of rotatable bonds is 2. The first kappa shape index (κ1) is 12.4. The van der Waals surface area contributed by atoms with Gasteiger partial charge in [-0.3, -0.25) is 4.79 Å². The predicted molar refractivity (Wildman–Crippen MR) is 68.2 cm³/mol. The minimum Gasteiger partial charge on any atom is -0.359 e. The normalized spacial score (nSPS) is 14.9.